The van der Waals surface area contributed by atoms with Gasteiger partial charge in [0, 0.05) is 22.5 Å². The second-order valence-corrected chi connectivity index (χ2v) is 5.41. The van der Waals surface area contributed by atoms with Gasteiger partial charge in [-0.1, -0.05) is 0 Å². The van der Waals surface area contributed by atoms with Crippen LogP contribution < -0.4 is 5.32 Å². The molecular weight excluding hydrogens is 288 g/mol. The standard InChI is InChI=1S/C10H13BrN4S/c1-7(6-16-2)12-10-13-9-4-3-8(11)5-15(9)14-10/h3-5,7H,6H2,1-2H3,(H,12,14). The number of fused-ring (bicyclic) bond motifs is 1. The van der Waals surface area contributed by atoms with Gasteiger partial charge in [0.2, 0.25) is 5.95 Å². The van der Waals surface area contributed by atoms with Gasteiger partial charge in [-0.15, -0.1) is 5.10 Å². The first-order chi connectivity index (χ1) is 7.69. The van der Waals surface area contributed by atoms with Gasteiger partial charge in [-0.3, -0.25) is 0 Å². The van der Waals surface area contributed by atoms with Gasteiger partial charge in [0.1, 0.15) is 0 Å². The minimum atomic E-state index is 0.371. The van der Waals surface area contributed by atoms with E-state index in [-0.39, 0.29) is 0 Å². The average molecular weight is 301 g/mol. The zero-order valence-corrected chi connectivity index (χ0v) is 11.5. The topological polar surface area (TPSA) is 42.2 Å². The molecule has 0 bridgehead atoms. The van der Waals surface area contributed by atoms with E-state index < -0.39 is 0 Å². The summed E-state index contributed by atoms with van der Waals surface area (Å²) in [5, 5.41) is 7.62. The third-order valence-corrected chi connectivity index (χ3v) is 3.39. The van der Waals surface area contributed by atoms with Crippen molar-refractivity contribution < 1.29 is 0 Å². The van der Waals surface area contributed by atoms with E-state index in [2.05, 4.69) is 44.5 Å². The van der Waals surface area contributed by atoms with Gasteiger partial charge < -0.3 is 5.32 Å². The van der Waals surface area contributed by atoms with Crippen LogP contribution in [0.2, 0.25) is 0 Å². The molecule has 0 aromatic carbocycles. The van der Waals surface area contributed by atoms with Crippen LogP contribution in [-0.4, -0.2) is 32.6 Å². The molecule has 2 rings (SSSR count). The molecule has 0 radical (unpaired) electrons. The summed E-state index contributed by atoms with van der Waals surface area (Å²) in [5.74, 6) is 1.72. The molecule has 0 saturated heterocycles. The van der Waals surface area contributed by atoms with Crippen LogP contribution in [0.1, 0.15) is 6.92 Å². The first-order valence-electron chi connectivity index (χ1n) is 4.96. The largest absolute Gasteiger partial charge is 0.350 e. The highest BCUT2D eigenvalue weighted by Gasteiger charge is 2.06. The molecule has 0 aliphatic heterocycles. The average Bonchev–Trinajstić information content (AvgIpc) is 2.59. The molecule has 1 unspecified atom stereocenters. The van der Waals surface area contributed by atoms with Gasteiger partial charge in [0.05, 0.1) is 0 Å². The number of anilines is 1. The van der Waals surface area contributed by atoms with Gasteiger partial charge in [-0.2, -0.15) is 16.7 Å². The molecular formula is C10H13BrN4S. The third kappa shape index (κ3) is 2.68. The lowest BCUT2D eigenvalue weighted by Gasteiger charge is -2.09. The summed E-state index contributed by atoms with van der Waals surface area (Å²) in [6, 6.07) is 4.26. The van der Waals surface area contributed by atoms with Crippen molar-refractivity contribution in [2.75, 3.05) is 17.3 Å². The molecule has 16 heavy (non-hydrogen) atoms. The lowest BCUT2D eigenvalue weighted by molar-refractivity contribution is 0.875. The Morgan fingerprint density at radius 1 is 1.56 bits per heavy atom. The predicted octanol–water partition coefficient (Wildman–Crippen LogP) is 2.66. The molecule has 2 aromatic rings. The van der Waals surface area contributed by atoms with Crippen LogP contribution in [0.4, 0.5) is 5.95 Å². The molecule has 0 aliphatic carbocycles. The molecule has 0 aliphatic rings. The van der Waals surface area contributed by atoms with Crippen molar-refractivity contribution in [3.8, 4) is 0 Å². The summed E-state index contributed by atoms with van der Waals surface area (Å²) in [4.78, 5) is 4.39. The Balaban J connectivity index is 2.19. The van der Waals surface area contributed by atoms with Crippen molar-refractivity contribution >= 4 is 39.3 Å². The maximum atomic E-state index is 4.39. The highest BCUT2D eigenvalue weighted by Crippen LogP contribution is 2.13. The molecule has 0 saturated carbocycles. The summed E-state index contributed by atoms with van der Waals surface area (Å²) in [5.41, 5.74) is 0.849. The van der Waals surface area contributed by atoms with Crippen LogP contribution in [0.15, 0.2) is 22.8 Å². The maximum absolute atomic E-state index is 4.39. The van der Waals surface area contributed by atoms with E-state index in [1.807, 2.05) is 18.3 Å². The molecule has 2 heterocycles. The minimum Gasteiger partial charge on any atom is -0.350 e. The van der Waals surface area contributed by atoms with Gasteiger partial charge in [0.15, 0.2) is 5.65 Å². The molecule has 2 aromatic heterocycles. The molecule has 6 heteroatoms. The Hall–Kier alpha value is -0.750. The van der Waals surface area contributed by atoms with Crippen LogP contribution in [0.3, 0.4) is 0 Å². The highest BCUT2D eigenvalue weighted by atomic mass is 79.9. The molecule has 0 amide bonds. The first kappa shape index (κ1) is 11.7. The Labute approximate surface area is 107 Å². The number of pyridine rings is 1. The van der Waals surface area contributed by atoms with E-state index in [0.29, 0.717) is 12.0 Å². The van der Waals surface area contributed by atoms with Crippen LogP contribution in [0, 0.1) is 0 Å². The summed E-state index contributed by atoms with van der Waals surface area (Å²) >= 11 is 5.21. The van der Waals surface area contributed by atoms with E-state index >= 15 is 0 Å². The van der Waals surface area contributed by atoms with E-state index in [9.17, 15) is 0 Å². The normalized spacial score (nSPS) is 12.9. The fraction of sp³-hybridized carbons (Fsp3) is 0.400. The second-order valence-electron chi connectivity index (χ2n) is 3.59. The molecule has 86 valence electrons. The Morgan fingerprint density at radius 2 is 2.38 bits per heavy atom. The van der Waals surface area contributed by atoms with Crippen molar-refractivity contribution in [2.24, 2.45) is 0 Å². The zero-order chi connectivity index (χ0) is 11.5. The van der Waals surface area contributed by atoms with E-state index in [1.54, 1.807) is 16.3 Å². The number of rotatable bonds is 4. The summed E-state index contributed by atoms with van der Waals surface area (Å²) < 4.78 is 2.76. The fourth-order valence-corrected chi connectivity index (χ4v) is 2.34. The lowest BCUT2D eigenvalue weighted by Crippen LogP contribution is -2.18. The van der Waals surface area contributed by atoms with Gasteiger partial charge in [0.25, 0.3) is 0 Å². The molecule has 0 spiro atoms. The monoisotopic (exact) mass is 300 g/mol. The van der Waals surface area contributed by atoms with Crippen molar-refractivity contribution in [1.82, 2.24) is 14.6 Å². The first-order valence-corrected chi connectivity index (χ1v) is 7.15. The predicted molar refractivity (Wildman–Crippen MR) is 72.2 cm³/mol. The maximum Gasteiger partial charge on any atom is 0.243 e. The summed E-state index contributed by atoms with van der Waals surface area (Å²) in [6.07, 6.45) is 3.99. The van der Waals surface area contributed by atoms with Crippen LogP contribution in [-0.2, 0) is 0 Å². The molecule has 1 N–H and O–H groups in total. The van der Waals surface area contributed by atoms with E-state index in [4.69, 9.17) is 0 Å². The molecule has 1 atom stereocenters. The van der Waals surface area contributed by atoms with Crippen molar-refractivity contribution in [2.45, 2.75) is 13.0 Å². The van der Waals surface area contributed by atoms with Crippen LogP contribution >= 0.6 is 27.7 Å². The van der Waals surface area contributed by atoms with Crippen molar-refractivity contribution in [3.05, 3.63) is 22.8 Å². The van der Waals surface area contributed by atoms with Gasteiger partial charge in [-0.25, -0.2) is 4.52 Å². The third-order valence-electron chi connectivity index (χ3n) is 2.09. The van der Waals surface area contributed by atoms with Gasteiger partial charge >= 0.3 is 0 Å². The molecule has 4 nitrogen and oxygen atoms in total. The van der Waals surface area contributed by atoms with Crippen molar-refractivity contribution in [1.29, 1.82) is 0 Å². The number of nitrogens with zero attached hydrogens (tertiary/aromatic N) is 3. The summed E-state index contributed by atoms with van der Waals surface area (Å²) in [7, 11) is 0. The molecule has 0 fully saturated rings. The Kier molecular flexibility index (Phi) is 3.70. The lowest BCUT2D eigenvalue weighted by atomic mass is 10.4. The minimum absolute atomic E-state index is 0.371. The quantitative estimate of drug-likeness (QED) is 0.943. The zero-order valence-electron chi connectivity index (χ0n) is 9.14. The highest BCUT2D eigenvalue weighted by molar-refractivity contribution is 9.10. The number of aromatic nitrogens is 3. The number of nitrogens with one attached hydrogen (secondary N) is 1. The smallest absolute Gasteiger partial charge is 0.243 e. The number of hydrogen-bond acceptors (Lipinski definition) is 4. The fourth-order valence-electron chi connectivity index (χ4n) is 1.43. The van der Waals surface area contributed by atoms with E-state index in [0.717, 1.165) is 15.9 Å². The van der Waals surface area contributed by atoms with Crippen LogP contribution in [0.25, 0.3) is 5.65 Å². The SMILES string of the molecule is CSCC(C)Nc1nc2ccc(Br)cn2n1. The number of hydrogen-bond donors (Lipinski definition) is 1. The second kappa shape index (κ2) is 5.05. The Bertz CT molecular complexity index is 485. The summed E-state index contributed by atoms with van der Waals surface area (Å²) in [6.45, 7) is 2.12. The van der Waals surface area contributed by atoms with Crippen molar-refractivity contribution in [3.63, 3.8) is 0 Å². The van der Waals surface area contributed by atoms with E-state index in [1.165, 1.54) is 0 Å². The number of halogens is 1. The number of thioether (sulfide) groups is 1. The Morgan fingerprint density at radius 3 is 3.12 bits per heavy atom. The van der Waals surface area contributed by atoms with Gasteiger partial charge in [-0.05, 0) is 41.2 Å². The van der Waals surface area contributed by atoms with Crippen LogP contribution in [0.5, 0.6) is 0 Å².